The molecule has 0 aliphatic rings. The summed E-state index contributed by atoms with van der Waals surface area (Å²) in [5, 5.41) is 13.4. The van der Waals surface area contributed by atoms with Gasteiger partial charge in [-0.05, 0) is 44.5 Å². The van der Waals surface area contributed by atoms with Crippen molar-refractivity contribution in [3.63, 3.8) is 0 Å². The van der Waals surface area contributed by atoms with Crippen LogP contribution in [0.25, 0.3) is 0 Å². The number of rotatable bonds is 5. The maximum absolute atomic E-state index is 12.2. The maximum Gasteiger partial charge on any atom is 0.269 e. The first kappa shape index (κ1) is 16.5. The molecule has 1 amide bonds. The minimum Gasteiger partial charge on any atom is -0.481 e. The molecular formula is C17H18N2O4. The molecule has 120 valence electrons. The van der Waals surface area contributed by atoms with E-state index >= 15 is 0 Å². The lowest BCUT2D eigenvalue weighted by molar-refractivity contribution is -0.384. The first-order valence-corrected chi connectivity index (χ1v) is 7.16. The van der Waals surface area contributed by atoms with Crippen molar-refractivity contribution < 1.29 is 14.5 Å². The summed E-state index contributed by atoms with van der Waals surface area (Å²) in [6.07, 6.45) is -0.688. The van der Waals surface area contributed by atoms with E-state index in [1.807, 2.05) is 19.1 Å². The van der Waals surface area contributed by atoms with Crippen LogP contribution in [0.15, 0.2) is 42.5 Å². The van der Waals surface area contributed by atoms with E-state index in [0.29, 0.717) is 17.0 Å². The van der Waals surface area contributed by atoms with E-state index in [9.17, 15) is 14.9 Å². The Morgan fingerprint density at radius 3 is 2.39 bits per heavy atom. The van der Waals surface area contributed by atoms with Gasteiger partial charge in [0.15, 0.2) is 6.10 Å². The van der Waals surface area contributed by atoms with Gasteiger partial charge in [-0.15, -0.1) is 0 Å². The molecule has 23 heavy (non-hydrogen) atoms. The highest BCUT2D eigenvalue weighted by Crippen LogP contribution is 2.21. The minimum atomic E-state index is -0.688. The van der Waals surface area contributed by atoms with E-state index in [0.717, 1.165) is 5.56 Å². The van der Waals surface area contributed by atoms with Gasteiger partial charge in [0.2, 0.25) is 0 Å². The number of nitro benzene ring substituents is 1. The Labute approximate surface area is 134 Å². The molecule has 0 spiro atoms. The molecule has 2 aromatic rings. The van der Waals surface area contributed by atoms with E-state index in [4.69, 9.17) is 4.74 Å². The van der Waals surface area contributed by atoms with Crippen LogP contribution in [0.4, 0.5) is 11.4 Å². The van der Waals surface area contributed by atoms with Crippen molar-refractivity contribution in [3.05, 3.63) is 63.7 Å². The standard InChI is InChI=1S/C17H18N2O4/c1-11-4-7-15(8-5-11)23-13(3)17(20)18-16-9-6-14(19(21)22)10-12(16)2/h4-10,13H,1-3H3,(H,18,20). The van der Waals surface area contributed by atoms with Crippen molar-refractivity contribution in [2.45, 2.75) is 26.9 Å². The van der Waals surface area contributed by atoms with Crippen LogP contribution in [-0.2, 0) is 4.79 Å². The van der Waals surface area contributed by atoms with Gasteiger partial charge in [-0.2, -0.15) is 0 Å². The van der Waals surface area contributed by atoms with E-state index in [1.54, 1.807) is 26.0 Å². The van der Waals surface area contributed by atoms with Gasteiger partial charge >= 0.3 is 0 Å². The van der Waals surface area contributed by atoms with Crippen molar-refractivity contribution in [2.75, 3.05) is 5.32 Å². The molecule has 0 aliphatic carbocycles. The molecule has 0 aromatic heterocycles. The molecule has 0 radical (unpaired) electrons. The predicted octanol–water partition coefficient (Wildman–Crippen LogP) is 3.62. The normalized spacial score (nSPS) is 11.6. The van der Waals surface area contributed by atoms with Gasteiger partial charge in [-0.3, -0.25) is 14.9 Å². The SMILES string of the molecule is Cc1ccc(OC(C)C(=O)Nc2ccc([N+](=O)[O-])cc2C)cc1. The lowest BCUT2D eigenvalue weighted by atomic mass is 10.1. The number of non-ortho nitro benzene ring substituents is 1. The molecule has 1 atom stereocenters. The molecule has 6 heteroatoms. The number of nitrogens with one attached hydrogen (secondary N) is 1. The van der Waals surface area contributed by atoms with E-state index in [2.05, 4.69) is 5.32 Å². The third kappa shape index (κ3) is 4.29. The van der Waals surface area contributed by atoms with Crippen molar-refractivity contribution >= 4 is 17.3 Å². The maximum atomic E-state index is 12.2. The molecule has 0 fully saturated rings. The molecule has 1 unspecified atom stereocenters. The average Bonchev–Trinajstić information content (AvgIpc) is 2.51. The van der Waals surface area contributed by atoms with Gasteiger partial charge < -0.3 is 10.1 Å². The lowest BCUT2D eigenvalue weighted by Gasteiger charge is -2.15. The van der Waals surface area contributed by atoms with Crippen LogP contribution in [0.1, 0.15) is 18.1 Å². The smallest absolute Gasteiger partial charge is 0.269 e. The summed E-state index contributed by atoms with van der Waals surface area (Å²) in [6.45, 7) is 5.32. The molecule has 2 rings (SSSR count). The fourth-order valence-corrected chi connectivity index (χ4v) is 2.01. The number of hydrogen-bond acceptors (Lipinski definition) is 4. The molecule has 1 N–H and O–H groups in total. The number of carbonyl (C=O) groups is 1. The monoisotopic (exact) mass is 314 g/mol. The van der Waals surface area contributed by atoms with Gasteiger partial charge in [0.05, 0.1) is 4.92 Å². The number of amides is 1. The fraction of sp³-hybridized carbons (Fsp3) is 0.235. The largest absolute Gasteiger partial charge is 0.481 e. The Bertz CT molecular complexity index is 726. The molecule has 2 aromatic carbocycles. The molecule has 0 bridgehead atoms. The van der Waals surface area contributed by atoms with Gasteiger partial charge in [-0.25, -0.2) is 0 Å². The van der Waals surface area contributed by atoms with Crippen molar-refractivity contribution in [1.82, 2.24) is 0 Å². The number of aryl methyl sites for hydroxylation is 2. The Hall–Kier alpha value is -2.89. The van der Waals surface area contributed by atoms with Crippen molar-refractivity contribution in [2.24, 2.45) is 0 Å². The Kier molecular flexibility index (Phi) is 4.95. The number of anilines is 1. The zero-order valence-corrected chi connectivity index (χ0v) is 13.2. The summed E-state index contributed by atoms with van der Waals surface area (Å²) in [5.74, 6) is 0.293. The lowest BCUT2D eigenvalue weighted by Crippen LogP contribution is -2.30. The van der Waals surface area contributed by atoms with Crippen LogP contribution >= 0.6 is 0 Å². The third-order valence-electron chi connectivity index (χ3n) is 3.38. The van der Waals surface area contributed by atoms with Crippen molar-refractivity contribution in [1.29, 1.82) is 0 Å². The number of nitrogens with zero attached hydrogens (tertiary/aromatic N) is 1. The zero-order valence-electron chi connectivity index (χ0n) is 13.2. The summed E-state index contributed by atoms with van der Waals surface area (Å²) in [7, 11) is 0. The number of hydrogen-bond donors (Lipinski definition) is 1. The summed E-state index contributed by atoms with van der Waals surface area (Å²) in [4.78, 5) is 22.4. The Morgan fingerprint density at radius 2 is 1.83 bits per heavy atom. The molecule has 6 nitrogen and oxygen atoms in total. The summed E-state index contributed by atoms with van der Waals surface area (Å²) in [6, 6.07) is 11.7. The van der Waals surface area contributed by atoms with Gasteiger partial charge in [0.25, 0.3) is 11.6 Å². The van der Waals surface area contributed by atoms with E-state index < -0.39 is 11.0 Å². The first-order valence-electron chi connectivity index (χ1n) is 7.16. The van der Waals surface area contributed by atoms with Crippen LogP contribution in [0.2, 0.25) is 0 Å². The highest BCUT2D eigenvalue weighted by molar-refractivity contribution is 5.94. The van der Waals surface area contributed by atoms with Crippen LogP contribution in [0, 0.1) is 24.0 Å². The van der Waals surface area contributed by atoms with Crippen LogP contribution in [-0.4, -0.2) is 16.9 Å². The highest BCUT2D eigenvalue weighted by Gasteiger charge is 2.17. The second-order valence-electron chi connectivity index (χ2n) is 5.32. The molecule has 0 saturated carbocycles. The van der Waals surface area contributed by atoms with E-state index in [-0.39, 0.29) is 11.6 Å². The Balaban J connectivity index is 2.03. The zero-order chi connectivity index (χ0) is 17.0. The molecular weight excluding hydrogens is 296 g/mol. The highest BCUT2D eigenvalue weighted by atomic mass is 16.6. The van der Waals surface area contributed by atoms with Crippen LogP contribution in [0.5, 0.6) is 5.75 Å². The molecule has 0 saturated heterocycles. The minimum absolute atomic E-state index is 0.00977. The summed E-state index contributed by atoms with van der Waals surface area (Å²) < 4.78 is 5.58. The first-order chi connectivity index (χ1) is 10.9. The third-order valence-corrected chi connectivity index (χ3v) is 3.38. The fourth-order valence-electron chi connectivity index (χ4n) is 2.01. The van der Waals surface area contributed by atoms with Crippen LogP contribution in [0.3, 0.4) is 0 Å². The number of nitro groups is 1. The van der Waals surface area contributed by atoms with Gasteiger partial charge in [0, 0.05) is 17.8 Å². The second-order valence-corrected chi connectivity index (χ2v) is 5.32. The number of ether oxygens (including phenoxy) is 1. The topological polar surface area (TPSA) is 81.5 Å². The summed E-state index contributed by atoms with van der Waals surface area (Å²) in [5.41, 5.74) is 2.25. The van der Waals surface area contributed by atoms with Gasteiger partial charge in [0.1, 0.15) is 5.75 Å². The number of carbonyl (C=O) groups excluding carboxylic acids is 1. The quantitative estimate of drug-likeness (QED) is 0.675. The average molecular weight is 314 g/mol. The molecule has 0 aliphatic heterocycles. The van der Waals surface area contributed by atoms with Crippen LogP contribution < -0.4 is 10.1 Å². The van der Waals surface area contributed by atoms with Crippen molar-refractivity contribution in [3.8, 4) is 5.75 Å². The number of benzene rings is 2. The predicted molar refractivity (Wildman–Crippen MR) is 87.7 cm³/mol. The Morgan fingerprint density at radius 1 is 1.17 bits per heavy atom. The molecule has 0 heterocycles. The second kappa shape index (κ2) is 6.91. The summed E-state index contributed by atoms with van der Waals surface area (Å²) >= 11 is 0. The van der Waals surface area contributed by atoms with Gasteiger partial charge in [-0.1, -0.05) is 17.7 Å². The van der Waals surface area contributed by atoms with E-state index in [1.165, 1.54) is 18.2 Å².